The largest absolute Gasteiger partial charge is 0.479 e. The zero-order chi connectivity index (χ0) is 14.9. The Labute approximate surface area is 119 Å². The van der Waals surface area contributed by atoms with E-state index in [1.54, 1.807) is 4.90 Å². The van der Waals surface area contributed by atoms with Gasteiger partial charge in [0.15, 0.2) is 6.10 Å². The number of ether oxygens (including phenoxy) is 1. The monoisotopic (exact) mass is 281 g/mol. The van der Waals surface area contributed by atoms with Crippen molar-refractivity contribution in [3.05, 3.63) is 11.6 Å². The molecule has 2 rings (SSSR count). The van der Waals surface area contributed by atoms with Crippen LogP contribution in [0.25, 0.3) is 0 Å². The maximum Gasteiger partial charge on any atom is 0.332 e. The van der Waals surface area contributed by atoms with Crippen LogP contribution in [-0.4, -0.2) is 47.2 Å². The first-order chi connectivity index (χ1) is 9.29. The van der Waals surface area contributed by atoms with Gasteiger partial charge in [0.2, 0.25) is 0 Å². The van der Waals surface area contributed by atoms with Crippen LogP contribution in [0.5, 0.6) is 0 Å². The summed E-state index contributed by atoms with van der Waals surface area (Å²) in [4.78, 5) is 24.9. The summed E-state index contributed by atoms with van der Waals surface area (Å²) in [6.07, 6.45) is 2.51. The van der Waals surface area contributed by atoms with Crippen LogP contribution in [-0.2, 0) is 14.3 Å². The number of carbonyl (C=O) groups is 2. The van der Waals surface area contributed by atoms with E-state index in [0.717, 1.165) is 6.42 Å². The van der Waals surface area contributed by atoms with Crippen molar-refractivity contribution < 1.29 is 19.4 Å². The molecular formula is C15H23NO4. The standard InChI is InChI=1S/C15H23NO4/c1-15(2,3)10-6-8-16(9-7-10)13(17)11-4-5-12(20-11)14(18)19/h6,11-12H,4-5,7-9H2,1-3H3,(H,18,19). The van der Waals surface area contributed by atoms with Gasteiger partial charge in [0.25, 0.3) is 5.91 Å². The molecule has 0 saturated carbocycles. The first-order valence-electron chi connectivity index (χ1n) is 7.15. The molecule has 0 aliphatic carbocycles. The lowest BCUT2D eigenvalue weighted by molar-refractivity contribution is -0.154. The molecule has 2 heterocycles. The molecule has 0 spiro atoms. The minimum atomic E-state index is -0.978. The molecule has 1 amide bonds. The van der Waals surface area contributed by atoms with Gasteiger partial charge in [0, 0.05) is 13.1 Å². The van der Waals surface area contributed by atoms with Gasteiger partial charge in [-0.25, -0.2) is 4.79 Å². The van der Waals surface area contributed by atoms with Crippen molar-refractivity contribution in [2.45, 2.75) is 52.2 Å². The molecule has 2 aliphatic heterocycles. The highest BCUT2D eigenvalue weighted by Crippen LogP contribution is 2.31. The van der Waals surface area contributed by atoms with Gasteiger partial charge in [-0.1, -0.05) is 32.4 Å². The predicted molar refractivity (Wildman–Crippen MR) is 74.3 cm³/mol. The molecule has 112 valence electrons. The van der Waals surface area contributed by atoms with Gasteiger partial charge in [0.05, 0.1) is 0 Å². The van der Waals surface area contributed by atoms with E-state index in [4.69, 9.17) is 9.84 Å². The van der Waals surface area contributed by atoms with Crippen LogP contribution in [0, 0.1) is 5.41 Å². The van der Waals surface area contributed by atoms with E-state index in [2.05, 4.69) is 26.8 Å². The van der Waals surface area contributed by atoms with Crippen molar-refractivity contribution in [1.29, 1.82) is 0 Å². The summed E-state index contributed by atoms with van der Waals surface area (Å²) in [6, 6.07) is 0. The smallest absolute Gasteiger partial charge is 0.332 e. The molecule has 2 unspecified atom stereocenters. The highest BCUT2D eigenvalue weighted by atomic mass is 16.5. The number of nitrogens with zero attached hydrogens (tertiary/aromatic N) is 1. The zero-order valence-electron chi connectivity index (χ0n) is 12.4. The van der Waals surface area contributed by atoms with E-state index in [1.165, 1.54) is 5.57 Å². The van der Waals surface area contributed by atoms with Gasteiger partial charge < -0.3 is 14.7 Å². The van der Waals surface area contributed by atoms with Crippen molar-refractivity contribution in [1.82, 2.24) is 4.90 Å². The molecule has 20 heavy (non-hydrogen) atoms. The summed E-state index contributed by atoms with van der Waals surface area (Å²) in [5.41, 5.74) is 1.52. The maximum absolute atomic E-state index is 12.3. The van der Waals surface area contributed by atoms with Crippen LogP contribution in [0.15, 0.2) is 11.6 Å². The zero-order valence-corrected chi connectivity index (χ0v) is 12.4. The average molecular weight is 281 g/mol. The van der Waals surface area contributed by atoms with Gasteiger partial charge in [-0.05, 0) is 24.7 Å². The Morgan fingerprint density at radius 2 is 1.95 bits per heavy atom. The number of rotatable bonds is 2. The Balaban J connectivity index is 1.93. The molecule has 2 aliphatic rings. The SMILES string of the molecule is CC(C)(C)C1=CCN(C(=O)C2CCC(C(=O)O)O2)CC1. The molecule has 0 aromatic carbocycles. The molecular weight excluding hydrogens is 258 g/mol. The van der Waals surface area contributed by atoms with Gasteiger partial charge in [-0.15, -0.1) is 0 Å². The summed E-state index contributed by atoms with van der Waals surface area (Å²) in [5.74, 6) is -1.05. The maximum atomic E-state index is 12.3. The molecule has 2 atom stereocenters. The lowest BCUT2D eigenvalue weighted by atomic mass is 9.83. The summed E-state index contributed by atoms with van der Waals surface area (Å²) in [5, 5.41) is 8.89. The van der Waals surface area contributed by atoms with Crippen molar-refractivity contribution >= 4 is 11.9 Å². The highest BCUT2D eigenvalue weighted by Gasteiger charge is 2.37. The lowest BCUT2D eigenvalue weighted by Crippen LogP contribution is -2.42. The lowest BCUT2D eigenvalue weighted by Gasteiger charge is -2.33. The second-order valence-electron chi connectivity index (χ2n) is 6.54. The third-order valence-electron chi connectivity index (χ3n) is 4.05. The van der Waals surface area contributed by atoms with E-state index < -0.39 is 18.2 Å². The number of hydrogen-bond donors (Lipinski definition) is 1. The van der Waals surface area contributed by atoms with Crippen molar-refractivity contribution in [3.8, 4) is 0 Å². The molecule has 0 bridgehead atoms. The quantitative estimate of drug-likeness (QED) is 0.784. The molecule has 5 nitrogen and oxygen atoms in total. The first-order valence-corrected chi connectivity index (χ1v) is 7.15. The van der Waals surface area contributed by atoms with Crippen LogP contribution in [0.2, 0.25) is 0 Å². The van der Waals surface area contributed by atoms with Crippen LogP contribution in [0.3, 0.4) is 0 Å². The van der Waals surface area contributed by atoms with Crippen LogP contribution < -0.4 is 0 Å². The average Bonchev–Trinajstić information content (AvgIpc) is 2.86. The predicted octanol–water partition coefficient (Wildman–Crippen LogP) is 1.82. The minimum absolute atomic E-state index is 0.0713. The molecule has 0 radical (unpaired) electrons. The Morgan fingerprint density at radius 1 is 1.30 bits per heavy atom. The molecule has 1 saturated heterocycles. The fourth-order valence-corrected chi connectivity index (χ4v) is 2.75. The second-order valence-corrected chi connectivity index (χ2v) is 6.54. The van der Waals surface area contributed by atoms with Gasteiger partial charge in [0.1, 0.15) is 6.10 Å². The first kappa shape index (κ1) is 15.0. The number of amides is 1. The van der Waals surface area contributed by atoms with Gasteiger partial charge in [-0.3, -0.25) is 4.79 Å². The summed E-state index contributed by atoms with van der Waals surface area (Å²) < 4.78 is 5.32. The van der Waals surface area contributed by atoms with E-state index in [-0.39, 0.29) is 11.3 Å². The molecule has 0 aromatic heterocycles. The van der Waals surface area contributed by atoms with Crippen LogP contribution in [0.1, 0.15) is 40.0 Å². The molecule has 5 heteroatoms. The number of carboxylic acid groups (broad SMARTS) is 1. The Kier molecular flexibility index (Phi) is 4.18. The fraction of sp³-hybridized carbons (Fsp3) is 0.733. The second kappa shape index (κ2) is 5.56. The van der Waals surface area contributed by atoms with Crippen molar-refractivity contribution in [2.75, 3.05) is 13.1 Å². The number of hydrogen-bond acceptors (Lipinski definition) is 3. The van der Waals surface area contributed by atoms with E-state index in [1.807, 2.05) is 0 Å². The number of carbonyl (C=O) groups excluding carboxylic acids is 1. The Morgan fingerprint density at radius 3 is 2.40 bits per heavy atom. The van der Waals surface area contributed by atoms with Crippen LogP contribution >= 0.6 is 0 Å². The summed E-state index contributed by atoms with van der Waals surface area (Å²) in [7, 11) is 0. The van der Waals surface area contributed by atoms with Crippen molar-refractivity contribution in [2.24, 2.45) is 5.41 Å². The third-order valence-corrected chi connectivity index (χ3v) is 4.05. The Bertz CT molecular complexity index is 436. The van der Waals surface area contributed by atoms with E-state index in [0.29, 0.717) is 25.9 Å². The minimum Gasteiger partial charge on any atom is -0.479 e. The summed E-state index contributed by atoms with van der Waals surface area (Å²) in [6.45, 7) is 7.82. The number of aliphatic carboxylic acids is 1. The molecule has 1 N–H and O–H groups in total. The number of carboxylic acids is 1. The normalized spacial score (nSPS) is 27.4. The molecule has 0 aromatic rings. The topological polar surface area (TPSA) is 66.8 Å². The summed E-state index contributed by atoms with van der Waals surface area (Å²) >= 11 is 0. The highest BCUT2D eigenvalue weighted by molar-refractivity contribution is 5.83. The van der Waals surface area contributed by atoms with Gasteiger partial charge >= 0.3 is 5.97 Å². The Hall–Kier alpha value is -1.36. The van der Waals surface area contributed by atoms with Crippen LogP contribution in [0.4, 0.5) is 0 Å². The van der Waals surface area contributed by atoms with Gasteiger partial charge in [-0.2, -0.15) is 0 Å². The third kappa shape index (κ3) is 3.20. The van der Waals surface area contributed by atoms with E-state index >= 15 is 0 Å². The van der Waals surface area contributed by atoms with E-state index in [9.17, 15) is 9.59 Å². The fourth-order valence-electron chi connectivity index (χ4n) is 2.75. The molecule has 1 fully saturated rings. The van der Waals surface area contributed by atoms with Crippen molar-refractivity contribution in [3.63, 3.8) is 0 Å².